The van der Waals surface area contributed by atoms with Gasteiger partial charge in [-0.3, -0.25) is 4.79 Å². The van der Waals surface area contributed by atoms with Crippen LogP contribution in [-0.2, 0) is 0 Å². The summed E-state index contributed by atoms with van der Waals surface area (Å²) in [6, 6.07) is 9.53. The second-order valence-corrected chi connectivity index (χ2v) is 8.18. The molecule has 1 unspecified atom stereocenters. The van der Waals surface area contributed by atoms with Crippen LogP contribution in [0.1, 0.15) is 16.1 Å². The maximum atomic E-state index is 12.3. The number of thiophene rings is 1. The van der Waals surface area contributed by atoms with Crippen molar-refractivity contribution in [3.63, 3.8) is 0 Å². The molecule has 0 radical (unpaired) electrons. The van der Waals surface area contributed by atoms with Gasteiger partial charge in [0.05, 0.1) is 9.62 Å². The van der Waals surface area contributed by atoms with E-state index in [-0.39, 0.29) is 16.8 Å². The Kier molecular flexibility index (Phi) is 3.58. The SMILES string of the molecule is O=C(c1cccs1)N1CC2(CC(Oc3ccccn3)CS2)C1. The lowest BCUT2D eigenvalue weighted by molar-refractivity contribution is 0.0521. The average molecular weight is 332 g/mol. The first-order chi connectivity index (χ1) is 10.7. The monoisotopic (exact) mass is 332 g/mol. The fraction of sp³-hybridized carbons (Fsp3) is 0.375. The second-order valence-electron chi connectivity index (χ2n) is 5.74. The highest BCUT2D eigenvalue weighted by Crippen LogP contribution is 2.46. The molecule has 2 aromatic heterocycles. The van der Waals surface area contributed by atoms with Gasteiger partial charge >= 0.3 is 0 Å². The van der Waals surface area contributed by atoms with Gasteiger partial charge in [0, 0.05) is 37.5 Å². The summed E-state index contributed by atoms with van der Waals surface area (Å²) in [6.45, 7) is 1.66. The van der Waals surface area contributed by atoms with E-state index in [4.69, 9.17) is 4.74 Å². The number of pyridine rings is 1. The molecule has 2 aliphatic rings. The van der Waals surface area contributed by atoms with Gasteiger partial charge < -0.3 is 9.64 Å². The molecule has 6 heteroatoms. The van der Waals surface area contributed by atoms with Crippen LogP contribution in [0.3, 0.4) is 0 Å². The smallest absolute Gasteiger partial charge is 0.264 e. The molecule has 2 fully saturated rings. The largest absolute Gasteiger partial charge is 0.473 e. The van der Waals surface area contributed by atoms with Gasteiger partial charge in [-0.25, -0.2) is 4.98 Å². The van der Waals surface area contributed by atoms with E-state index in [1.807, 2.05) is 52.4 Å². The highest BCUT2D eigenvalue weighted by Gasteiger charge is 2.51. The first-order valence-electron chi connectivity index (χ1n) is 7.29. The maximum absolute atomic E-state index is 12.3. The molecule has 4 heterocycles. The summed E-state index contributed by atoms with van der Waals surface area (Å²) < 4.78 is 6.13. The lowest BCUT2D eigenvalue weighted by Crippen LogP contribution is -2.60. The molecule has 1 amide bonds. The van der Waals surface area contributed by atoms with Gasteiger partial charge in [0.25, 0.3) is 5.91 Å². The molecule has 22 heavy (non-hydrogen) atoms. The van der Waals surface area contributed by atoms with Crippen LogP contribution in [0.25, 0.3) is 0 Å². The van der Waals surface area contributed by atoms with Crippen molar-refractivity contribution in [3.05, 3.63) is 46.8 Å². The van der Waals surface area contributed by atoms with Crippen LogP contribution in [0.4, 0.5) is 0 Å². The Morgan fingerprint density at radius 2 is 2.23 bits per heavy atom. The first kappa shape index (κ1) is 14.1. The quantitative estimate of drug-likeness (QED) is 0.867. The number of hydrogen-bond acceptors (Lipinski definition) is 5. The van der Waals surface area contributed by atoms with Gasteiger partial charge in [-0.05, 0) is 17.5 Å². The predicted octanol–water partition coefficient (Wildman–Crippen LogP) is 2.92. The van der Waals surface area contributed by atoms with Gasteiger partial charge in [-0.15, -0.1) is 23.1 Å². The Morgan fingerprint density at radius 3 is 2.95 bits per heavy atom. The van der Waals surface area contributed by atoms with Crippen LogP contribution < -0.4 is 4.74 Å². The van der Waals surface area contributed by atoms with Gasteiger partial charge in [0.1, 0.15) is 6.10 Å². The Balaban J connectivity index is 1.33. The number of hydrogen-bond donors (Lipinski definition) is 0. The number of aromatic nitrogens is 1. The molecular formula is C16H16N2O2S2. The van der Waals surface area contributed by atoms with Gasteiger partial charge in [0.15, 0.2) is 0 Å². The van der Waals surface area contributed by atoms with E-state index in [9.17, 15) is 4.79 Å². The van der Waals surface area contributed by atoms with E-state index in [1.165, 1.54) is 11.3 Å². The van der Waals surface area contributed by atoms with E-state index in [2.05, 4.69) is 4.98 Å². The van der Waals surface area contributed by atoms with Crippen molar-refractivity contribution in [2.75, 3.05) is 18.8 Å². The van der Waals surface area contributed by atoms with Gasteiger partial charge in [-0.1, -0.05) is 12.1 Å². The lowest BCUT2D eigenvalue weighted by Gasteiger charge is -2.47. The molecule has 4 nitrogen and oxygen atoms in total. The molecule has 114 valence electrons. The van der Waals surface area contributed by atoms with E-state index >= 15 is 0 Å². The molecule has 0 bridgehead atoms. The minimum Gasteiger partial charge on any atom is -0.473 e. The number of amides is 1. The molecule has 0 saturated carbocycles. The highest BCUT2D eigenvalue weighted by molar-refractivity contribution is 8.01. The van der Waals surface area contributed by atoms with Crippen LogP contribution in [0.15, 0.2) is 41.9 Å². The fourth-order valence-electron chi connectivity index (χ4n) is 3.04. The number of rotatable bonds is 3. The van der Waals surface area contributed by atoms with Crippen molar-refractivity contribution < 1.29 is 9.53 Å². The summed E-state index contributed by atoms with van der Waals surface area (Å²) in [5.74, 6) is 1.82. The van der Waals surface area contributed by atoms with E-state index < -0.39 is 0 Å². The summed E-state index contributed by atoms with van der Waals surface area (Å²) in [4.78, 5) is 19.3. The molecule has 0 aromatic carbocycles. The van der Waals surface area contributed by atoms with Gasteiger partial charge in [-0.2, -0.15) is 0 Å². The molecule has 1 atom stereocenters. The number of nitrogens with zero attached hydrogens (tertiary/aromatic N) is 2. The Bertz CT molecular complexity index is 654. The standard InChI is InChI=1S/C16H16N2O2S2/c19-15(13-4-3-7-21-13)18-10-16(11-18)8-12(9-22-16)20-14-5-1-2-6-17-14/h1-7,12H,8-11H2. The summed E-state index contributed by atoms with van der Waals surface area (Å²) >= 11 is 3.44. The lowest BCUT2D eigenvalue weighted by atomic mass is 9.93. The predicted molar refractivity (Wildman–Crippen MR) is 88.7 cm³/mol. The van der Waals surface area contributed by atoms with Crippen LogP contribution >= 0.6 is 23.1 Å². The van der Waals surface area contributed by atoms with Crippen LogP contribution in [0.2, 0.25) is 0 Å². The zero-order chi connectivity index (χ0) is 15.0. The van der Waals surface area contributed by atoms with Crippen LogP contribution in [-0.4, -0.2) is 45.5 Å². The van der Waals surface area contributed by atoms with E-state index in [1.54, 1.807) is 6.20 Å². The summed E-state index contributed by atoms with van der Waals surface area (Å²) in [6.07, 6.45) is 2.93. The number of thioether (sulfide) groups is 1. The normalized spacial score (nSPS) is 22.5. The number of ether oxygens (including phenoxy) is 1. The molecular weight excluding hydrogens is 316 g/mol. The van der Waals surface area contributed by atoms with Crippen LogP contribution in [0.5, 0.6) is 5.88 Å². The molecule has 0 aliphatic carbocycles. The average Bonchev–Trinajstić information content (AvgIpc) is 3.16. The number of carbonyl (C=O) groups excluding carboxylic acids is 1. The number of carbonyl (C=O) groups is 1. The molecule has 4 rings (SSSR count). The first-order valence-corrected chi connectivity index (χ1v) is 9.15. The molecule has 2 aromatic rings. The minimum atomic E-state index is 0.162. The summed E-state index contributed by atoms with van der Waals surface area (Å²) in [5, 5.41) is 1.95. The fourth-order valence-corrected chi connectivity index (χ4v) is 5.25. The Morgan fingerprint density at radius 1 is 1.32 bits per heavy atom. The van der Waals surface area contributed by atoms with Crippen molar-refractivity contribution in [2.45, 2.75) is 17.3 Å². The molecule has 1 spiro atoms. The van der Waals surface area contributed by atoms with Crippen molar-refractivity contribution >= 4 is 29.0 Å². The number of likely N-dealkylation sites (tertiary alicyclic amines) is 1. The molecule has 2 aliphatic heterocycles. The molecule has 0 N–H and O–H groups in total. The summed E-state index contributed by atoms with van der Waals surface area (Å²) in [7, 11) is 0. The van der Waals surface area contributed by atoms with Gasteiger partial charge in [0.2, 0.25) is 5.88 Å². The van der Waals surface area contributed by atoms with E-state index in [0.29, 0.717) is 5.88 Å². The van der Waals surface area contributed by atoms with Crippen molar-refractivity contribution in [2.24, 2.45) is 0 Å². The second kappa shape index (κ2) is 5.59. The highest BCUT2D eigenvalue weighted by atomic mass is 32.2. The third-order valence-corrected chi connectivity index (χ3v) is 6.51. The zero-order valence-electron chi connectivity index (χ0n) is 12.0. The van der Waals surface area contributed by atoms with Crippen molar-refractivity contribution in [1.29, 1.82) is 0 Å². The topological polar surface area (TPSA) is 42.4 Å². The minimum absolute atomic E-state index is 0.162. The third kappa shape index (κ3) is 2.61. The Hall–Kier alpha value is -1.53. The Labute approximate surface area is 137 Å². The zero-order valence-corrected chi connectivity index (χ0v) is 13.6. The summed E-state index contributed by atoms with van der Waals surface area (Å²) in [5.41, 5.74) is 0. The van der Waals surface area contributed by atoms with Crippen molar-refractivity contribution in [3.8, 4) is 5.88 Å². The maximum Gasteiger partial charge on any atom is 0.264 e. The van der Waals surface area contributed by atoms with Crippen molar-refractivity contribution in [1.82, 2.24) is 9.88 Å². The van der Waals surface area contributed by atoms with Crippen LogP contribution in [0, 0.1) is 0 Å². The molecule has 2 saturated heterocycles. The third-order valence-electron chi connectivity index (χ3n) is 4.08. The van der Waals surface area contributed by atoms with E-state index in [0.717, 1.165) is 30.1 Å².